The Balaban J connectivity index is 3.16. The fourth-order valence-electron chi connectivity index (χ4n) is 0.384. The van der Waals surface area contributed by atoms with Crippen LogP contribution in [-0.4, -0.2) is 5.75 Å². The van der Waals surface area contributed by atoms with Crippen LogP contribution in [0.1, 0.15) is 13.8 Å². The van der Waals surface area contributed by atoms with E-state index < -0.39 is 0 Å². The van der Waals surface area contributed by atoms with Gasteiger partial charge >= 0.3 is 0 Å². The van der Waals surface area contributed by atoms with E-state index in [0.717, 1.165) is 5.75 Å². The van der Waals surface area contributed by atoms with E-state index in [1.54, 1.807) is 0 Å². The Morgan fingerprint density at radius 2 is 2.29 bits per heavy atom. The summed E-state index contributed by atoms with van der Waals surface area (Å²) in [6, 6.07) is 0. The first-order valence-electron chi connectivity index (χ1n) is 2.52. The summed E-state index contributed by atoms with van der Waals surface area (Å²) in [5.41, 5.74) is 0. The van der Waals surface area contributed by atoms with Crippen molar-refractivity contribution in [2.45, 2.75) is 13.8 Å². The molecule has 0 aliphatic carbocycles. The van der Waals surface area contributed by atoms with Gasteiger partial charge in [0.1, 0.15) is 0 Å². The van der Waals surface area contributed by atoms with E-state index in [2.05, 4.69) is 13.0 Å². The first-order valence-corrected chi connectivity index (χ1v) is 3.10. The van der Waals surface area contributed by atoms with Crippen molar-refractivity contribution in [3.05, 3.63) is 12.2 Å². The molecule has 0 nitrogen and oxygen atoms in total. The van der Waals surface area contributed by atoms with Crippen molar-refractivity contribution in [1.82, 2.24) is 0 Å². The molecule has 0 aliphatic heterocycles. The van der Waals surface area contributed by atoms with E-state index in [1.165, 1.54) is 0 Å². The highest BCUT2D eigenvalue weighted by molar-refractivity contribution is 7.80. The van der Waals surface area contributed by atoms with Crippen molar-refractivity contribution in [3.63, 3.8) is 0 Å². The molecule has 1 unspecified atom stereocenters. The molecule has 0 aromatic rings. The van der Waals surface area contributed by atoms with Gasteiger partial charge in [0.15, 0.2) is 0 Å². The highest BCUT2D eigenvalue weighted by atomic mass is 32.1. The quantitative estimate of drug-likeness (QED) is 0.485. The lowest BCUT2D eigenvalue weighted by atomic mass is 10.2. The molecule has 1 atom stereocenters. The van der Waals surface area contributed by atoms with Crippen molar-refractivity contribution in [2.24, 2.45) is 5.92 Å². The maximum absolute atomic E-state index is 4.79. The van der Waals surface area contributed by atoms with E-state index in [1.807, 2.05) is 13.0 Å². The van der Waals surface area contributed by atoms with Crippen LogP contribution in [0, 0.1) is 5.92 Å². The molecule has 0 saturated carbocycles. The molecule has 0 saturated heterocycles. The maximum atomic E-state index is 4.79. The van der Waals surface area contributed by atoms with Gasteiger partial charge in [0.25, 0.3) is 0 Å². The van der Waals surface area contributed by atoms with Gasteiger partial charge in [-0.2, -0.15) is 0 Å². The molecule has 0 heterocycles. The molecular weight excluding hydrogens is 104 g/mol. The first kappa shape index (κ1) is 7.09. The highest BCUT2D eigenvalue weighted by Crippen LogP contribution is 1.97. The van der Waals surface area contributed by atoms with Crippen LogP contribution in [0.5, 0.6) is 0 Å². The minimum Gasteiger partial charge on any atom is -0.0935 e. The van der Waals surface area contributed by atoms with Crippen LogP contribution >= 0.6 is 12.6 Å². The van der Waals surface area contributed by atoms with Crippen LogP contribution in [0.2, 0.25) is 0 Å². The lowest BCUT2D eigenvalue weighted by molar-refractivity contribution is 0.848. The third-order valence-corrected chi connectivity index (χ3v) is 1.31. The Morgan fingerprint density at radius 1 is 1.71 bits per heavy atom. The lowest BCUT2D eigenvalue weighted by Gasteiger charge is -1.94. The Hall–Kier alpha value is 0.0900. The Labute approximate surface area is 51.0 Å². The maximum Gasteiger partial charge on any atom is 0.00973 e. The zero-order valence-electron chi connectivity index (χ0n) is 4.85. The average molecular weight is 115 g/mol. The summed E-state index contributed by atoms with van der Waals surface area (Å²) in [4.78, 5) is 0. The first-order chi connectivity index (χ1) is 3.31. The smallest absolute Gasteiger partial charge is 0.00973 e. The van der Waals surface area contributed by atoms with Crippen LogP contribution in [0.15, 0.2) is 12.2 Å². The topological polar surface area (TPSA) is 0 Å². The molecule has 0 rings (SSSR count). The van der Waals surface area contributed by atoms with Gasteiger partial charge in [-0.3, -0.25) is 0 Å². The molecule has 0 N–H and O–H groups in total. The summed E-state index contributed by atoms with van der Waals surface area (Å²) >= 11 is 4.79. The molecule has 0 fully saturated rings. The second-order valence-corrected chi connectivity index (χ2v) is 2.00. The summed E-state index contributed by atoms with van der Waals surface area (Å²) in [5.74, 6) is 1.42. The van der Waals surface area contributed by atoms with E-state index in [0.29, 0.717) is 5.92 Å². The summed E-state index contributed by atoms with van der Waals surface area (Å²) in [6.07, 6.45) is 4.16. The van der Waals surface area contributed by atoms with Crippen molar-refractivity contribution in [3.8, 4) is 0 Å². The summed E-state index contributed by atoms with van der Waals surface area (Å²) in [6.45, 7) is 4.13. The largest absolute Gasteiger partial charge is 0.0935 e. The van der Waals surface area contributed by atoms with Gasteiger partial charge in [0.2, 0.25) is 0 Å². The zero-order chi connectivity index (χ0) is 5.70. The van der Waals surface area contributed by atoms with Gasteiger partial charge in [-0.25, -0.2) is 0 Å². The summed E-state index contributed by atoms with van der Waals surface area (Å²) in [5, 5.41) is 0. The van der Waals surface area contributed by atoms with Crippen LogP contribution in [0.4, 0.5) is 0 Å². The molecule has 0 aliphatic rings. The van der Waals surface area contributed by atoms with Crippen molar-refractivity contribution < 1.29 is 0 Å². The molecule has 0 amide bonds. The number of hydrogen-bond acceptors (Lipinski definition) is 0. The summed E-state index contributed by atoms with van der Waals surface area (Å²) in [7, 11) is 0. The van der Waals surface area contributed by atoms with Crippen molar-refractivity contribution in [2.75, 3.05) is 5.75 Å². The predicted octanol–water partition coefficient (Wildman–Crippen LogP) is 2.40. The number of rotatable bonds is 2. The molecule has 1 heteroatoms. The number of hydrogen-bond donors (Lipinski definition) is 0. The Kier molecular flexibility index (Phi) is 4.31. The van der Waals surface area contributed by atoms with E-state index in [4.69, 9.17) is 12.6 Å². The fourth-order valence-corrected chi connectivity index (χ4v) is 0.495. The highest BCUT2D eigenvalue weighted by Gasteiger charge is 1.87. The second kappa shape index (κ2) is 4.25. The molecular formula is C6H11S. The standard InChI is InChI=1S/C6H11S/c1-3-4-6(2)5-7/h3-4,6H,5H2,1-2H3/b4-3+. The average Bonchev–Trinajstić information content (AvgIpc) is 1.68. The Bertz CT molecular complexity index is 57.2. The van der Waals surface area contributed by atoms with Crippen molar-refractivity contribution in [1.29, 1.82) is 0 Å². The molecule has 0 aromatic carbocycles. The monoisotopic (exact) mass is 115 g/mol. The molecule has 7 heavy (non-hydrogen) atoms. The van der Waals surface area contributed by atoms with Crippen molar-refractivity contribution >= 4 is 12.6 Å². The molecule has 1 radical (unpaired) electrons. The van der Waals surface area contributed by atoms with Crippen LogP contribution in [-0.2, 0) is 0 Å². The van der Waals surface area contributed by atoms with Gasteiger partial charge in [0, 0.05) is 5.75 Å². The minimum atomic E-state index is 0.583. The fraction of sp³-hybridized carbons (Fsp3) is 0.667. The third kappa shape index (κ3) is 3.93. The predicted molar refractivity (Wildman–Crippen MR) is 36.4 cm³/mol. The van der Waals surface area contributed by atoms with E-state index in [-0.39, 0.29) is 0 Å². The van der Waals surface area contributed by atoms with Gasteiger partial charge < -0.3 is 0 Å². The van der Waals surface area contributed by atoms with Crippen LogP contribution in [0.25, 0.3) is 0 Å². The van der Waals surface area contributed by atoms with Gasteiger partial charge in [-0.15, -0.1) is 0 Å². The lowest BCUT2D eigenvalue weighted by Crippen LogP contribution is -1.87. The van der Waals surface area contributed by atoms with E-state index >= 15 is 0 Å². The van der Waals surface area contributed by atoms with Gasteiger partial charge in [-0.05, 0) is 12.8 Å². The van der Waals surface area contributed by atoms with Crippen LogP contribution < -0.4 is 0 Å². The molecule has 0 bridgehead atoms. The SMILES string of the molecule is C/C=C/C(C)C[S]. The van der Waals surface area contributed by atoms with E-state index in [9.17, 15) is 0 Å². The third-order valence-electron chi connectivity index (χ3n) is 0.784. The Morgan fingerprint density at radius 3 is 2.43 bits per heavy atom. The molecule has 41 valence electrons. The van der Waals surface area contributed by atoms with Gasteiger partial charge in [-0.1, -0.05) is 31.7 Å². The normalized spacial score (nSPS) is 15.3. The summed E-state index contributed by atoms with van der Waals surface area (Å²) < 4.78 is 0. The van der Waals surface area contributed by atoms with Crippen LogP contribution in [0.3, 0.4) is 0 Å². The zero-order valence-corrected chi connectivity index (χ0v) is 5.66. The molecule has 0 spiro atoms. The molecule has 0 aromatic heterocycles. The number of allylic oxidation sites excluding steroid dienone is 2. The van der Waals surface area contributed by atoms with Gasteiger partial charge in [0.05, 0.1) is 0 Å². The minimum absolute atomic E-state index is 0.583. The second-order valence-electron chi connectivity index (χ2n) is 1.67.